The van der Waals surface area contributed by atoms with Gasteiger partial charge in [0.2, 0.25) is 0 Å². The average Bonchev–Trinajstić information content (AvgIpc) is 3.41. The maximum absolute atomic E-state index is 14.3. The summed E-state index contributed by atoms with van der Waals surface area (Å²) in [5.41, 5.74) is 5.80. The molecule has 5 heteroatoms. The van der Waals surface area contributed by atoms with Gasteiger partial charge < -0.3 is 4.74 Å². The molecule has 0 bridgehead atoms. The van der Waals surface area contributed by atoms with Gasteiger partial charge in [-0.1, -0.05) is 67.1 Å². The number of rotatable bonds is 5. The molecular weight excluding hydrogens is 466 g/mol. The van der Waals surface area contributed by atoms with Crippen molar-refractivity contribution in [1.82, 2.24) is 3.97 Å². The van der Waals surface area contributed by atoms with Gasteiger partial charge in [0.15, 0.2) is 0 Å². The molecule has 36 heavy (non-hydrogen) atoms. The maximum Gasteiger partial charge on any atom is 0.268 e. The topological polar surface area (TPSA) is 48.3 Å². The van der Waals surface area contributed by atoms with Crippen LogP contribution >= 0.6 is 0 Å². The van der Waals surface area contributed by atoms with Crippen molar-refractivity contribution in [2.24, 2.45) is 0 Å². The Hall–Kier alpha value is -3.31. The first-order chi connectivity index (χ1) is 17.4. The lowest BCUT2D eigenvalue weighted by molar-refractivity contribution is 0.277. The molecule has 184 valence electrons. The van der Waals surface area contributed by atoms with Gasteiger partial charge in [-0.2, -0.15) is 0 Å². The second-order valence-electron chi connectivity index (χ2n) is 10.4. The molecule has 0 amide bonds. The highest BCUT2D eigenvalue weighted by Crippen LogP contribution is 2.45. The third-order valence-electron chi connectivity index (χ3n) is 7.74. The number of aryl methyl sites for hydroxylation is 1. The molecule has 3 aromatic carbocycles. The Morgan fingerprint density at radius 2 is 1.69 bits per heavy atom. The van der Waals surface area contributed by atoms with Crippen molar-refractivity contribution in [2.75, 3.05) is 6.61 Å². The van der Waals surface area contributed by atoms with Crippen molar-refractivity contribution >= 4 is 26.5 Å². The maximum atomic E-state index is 14.3. The van der Waals surface area contributed by atoms with Crippen LogP contribution in [0.15, 0.2) is 83.8 Å². The highest BCUT2D eigenvalue weighted by molar-refractivity contribution is 7.90. The third-order valence-corrected chi connectivity index (χ3v) is 9.47. The fraction of sp³-hybridized carbons (Fsp3) is 0.290. The minimum atomic E-state index is -3.81. The second-order valence-corrected chi connectivity index (χ2v) is 12.2. The number of ether oxygens (including phenoxy) is 1. The van der Waals surface area contributed by atoms with Gasteiger partial charge in [-0.15, -0.1) is 0 Å². The van der Waals surface area contributed by atoms with E-state index in [4.69, 9.17) is 4.74 Å². The molecule has 2 heterocycles. The Morgan fingerprint density at radius 1 is 0.944 bits per heavy atom. The Labute approximate surface area is 213 Å². The van der Waals surface area contributed by atoms with E-state index in [2.05, 4.69) is 31.2 Å². The third kappa shape index (κ3) is 3.68. The quantitative estimate of drug-likeness (QED) is 0.297. The van der Waals surface area contributed by atoms with Gasteiger partial charge in [-0.3, -0.25) is 0 Å². The minimum absolute atomic E-state index is 0.247. The van der Waals surface area contributed by atoms with Crippen LogP contribution in [0.25, 0.3) is 16.5 Å². The summed E-state index contributed by atoms with van der Waals surface area (Å²) in [6.07, 6.45) is 7.03. The standard InChI is InChI=1S/C31H31NO3S/c1-22-16-18-24(19-17-22)36(33,34)32-28-14-8-6-12-25(28)26(30(32)23-10-4-3-5-11-23)20-31(2)21-35-29-15-9-7-13-27(29)31/h6-10,12-19H,3-5,11,20-21H2,1-2H3/t31-/m0/s1. The number of hydrogen-bond donors (Lipinski definition) is 0. The van der Waals surface area contributed by atoms with Crippen LogP contribution in [0.2, 0.25) is 0 Å². The van der Waals surface area contributed by atoms with E-state index in [1.807, 2.05) is 49.4 Å². The number of allylic oxidation sites excluding steroid dienone is 2. The number of hydrogen-bond acceptors (Lipinski definition) is 3. The van der Waals surface area contributed by atoms with Crippen LogP contribution in [-0.2, 0) is 21.9 Å². The minimum Gasteiger partial charge on any atom is -0.492 e. The van der Waals surface area contributed by atoms with Crippen LogP contribution in [0.3, 0.4) is 0 Å². The second kappa shape index (κ2) is 8.67. The summed E-state index contributed by atoms with van der Waals surface area (Å²) in [6.45, 7) is 4.79. The molecule has 0 spiro atoms. The highest BCUT2D eigenvalue weighted by atomic mass is 32.2. The fourth-order valence-corrected chi connectivity index (χ4v) is 7.42. The fourth-order valence-electron chi connectivity index (χ4n) is 5.84. The van der Waals surface area contributed by atoms with Crippen molar-refractivity contribution in [3.05, 3.63) is 101 Å². The lowest BCUT2D eigenvalue weighted by atomic mass is 9.77. The van der Waals surface area contributed by atoms with Crippen LogP contribution in [-0.4, -0.2) is 19.0 Å². The summed E-state index contributed by atoms with van der Waals surface area (Å²) in [5.74, 6) is 0.925. The van der Waals surface area contributed by atoms with E-state index in [1.54, 1.807) is 16.1 Å². The summed E-state index contributed by atoms with van der Waals surface area (Å²) in [6, 6.07) is 23.4. The van der Waals surface area contributed by atoms with Crippen LogP contribution < -0.4 is 4.74 Å². The molecule has 0 radical (unpaired) electrons. The Kier molecular flexibility index (Phi) is 5.56. The van der Waals surface area contributed by atoms with E-state index in [0.29, 0.717) is 17.9 Å². The molecular formula is C31H31NO3S. The Balaban J connectivity index is 1.62. The lowest BCUT2D eigenvalue weighted by Gasteiger charge is -2.25. The van der Waals surface area contributed by atoms with Gasteiger partial charge in [-0.05, 0) is 74.4 Å². The summed E-state index contributed by atoms with van der Waals surface area (Å²) in [4.78, 5) is 0.318. The predicted molar refractivity (Wildman–Crippen MR) is 145 cm³/mol. The first kappa shape index (κ1) is 23.1. The molecule has 1 aliphatic heterocycles. The van der Waals surface area contributed by atoms with E-state index < -0.39 is 10.0 Å². The normalized spacial score (nSPS) is 19.7. The molecule has 4 aromatic rings. The van der Waals surface area contributed by atoms with Crippen LogP contribution in [0.5, 0.6) is 5.75 Å². The summed E-state index contributed by atoms with van der Waals surface area (Å²) in [5, 5.41) is 1.00. The lowest BCUT2D eigenvalue weighted by Crippen LogP contribution is -2.27. The van der Waals surface area contributed by atoms with Gasteiger partial charge in [0.25, 0.3) is 10.0 Å². The molecule has 0 saturated carbocycles. The molecule has 2 aliphatic rings. The van der Waals surface area contributed by atoms with Crippen molar-refractivity contribution in [3.63, 3.8) is 0 Å². The van der Waals surface area contributed by atoms with Crippen molar-refractivity contribution in [3.8, 4) is 5.75 Å². The summed E-state index contributed by atoms with van der Waals surface area (Å²) in [7, 11) is -3.81. The first-order valence-electron chi connectivity index (χ1n) is 12.7. The zero-order valence-corrected chi connectivity index (χ0v) is 21.6. The van der Waals surface area contributed by atoms with Gasteiger partial charge in [0.05, 0.1) is 22.7 Å². The van der Waals surface area contributed by atoms with E-state index in [9.17, 15) is 8.42 Å². The highest BCUT2D eigenvalue weighted by Gasteiger charge is 2.39. The van der Waals surface area contributed by atoms with Gasteiger partial charge in [-0.25, -0.2) is 12.4 Å². The molecule has 1 aromatic heterocycles. The number of para-hydroxylation sites is 2. The Morgan fingerprint density at radius 3 is 2.47 bits per heavy atom. The monoisotopic (exact) mass is 497 g/mol. The van der Waals surface area contributed by atoms with Crippen LogP contribution in [0, 0.1) is 6.92 Å². The zero-order chi connectivity index (χ0) is 24.9. The van der Waals surface area contributed by atoms with Gasteiger partial charge in [0.1, 0.15) is 5.75 Å². The van der Waals surface area contributed by atoms with Crippen LogP contribution in [0.1, 0.15) is 55.0 Å². The number of fused-ring (bicyclic) bond motifs is 2. The number of benzene rings is 3. The van der Waals surface area contributed by atoms with Crippen molar-refractivity contribution < 1.29 is 13.2 Å². The SMILES string of the molecule is Cc1ccc(S(=O)(=O)n2c(C3=CCCCC3)c(C[C@@]3(C)COc4ccccc43)c3ccccc32)cc1. The first-order valence-corrected chi connectivity index (χ1v) is 14.2. The van der Waals surface area contributed by atoms with Crippen molar-refractivity contribution in [1.29, 1.82) is 0 Å². The molecule has 6 rings (SSSR count). The summed E-state index contributed by atoms with van der Waals surface area (Å²) < 4.78 is 36.3. The Bertz CT molecular complexity index is 1590. The molecule has 0 fully saturated rings. The average molecular weight is 498 g/mol. The van der Waals surface area contributed by atoms with Crippen molar-refractivity contribution in [2.45, 2.75) is 56.3 Å². The smallest absolute Gasteiger partial charge is 0.268 e. The van der Waals surface area contributed by atoms with Crippen LogP contribution in [0.4, 0.5) is 0 Å². The largest absolute Gasteiger partial charge is 0.492 e. The molecule has 1 atom stereocenters. The molecule has 0 saturated heterocycles. The predicted octanol–water partition coefficient (Wildman–Crippen LogP) is 7.04. The number of nitrogens with zero attached hydrogens (tertiary/aromatic N) is 1. The molecule has 0 unspecified atom stereocenters. The zero-order valence-electron chi connectivity index (χ0n) is 20.8. The molecule has 1 aliphatic carbocycles. The van der Waals surface area contributed by atoms with Gasteiger partial charge >= 0.3 is 0 Å². The summed E-state index contributed by atoms with van der Waals surface area (Å²) >= 11 is 0. The molecule has 4 nitrogen and oxygen atoms in total. The van der Waals surface area contributed by atoms with E-state index in [1.165, 1.54) is 5.56 Å². The molecule has 0 N–H and O–H groups in total. The van der Waals surface area contributed by atoms with Gasteiger partial charge in [0, 0.05) is 16.4 Å². The van der Waals surface area contributed by atoms with E-state index >= 15 is 0 Å². The van der Waals surface area contributed by atoms with E-state index in [0.717, 1.165) is 64.7 Å². The van der Waals surface area contributed by atoms with E-state index in [-0.39, 0.29) is 5.41 Å². The number of aromatic nitrogens is 1.